The first-order valence-electron chi connectivity index (χ1n) is 9.87. The molecule has 2 atom stereocenters. The summed E-state index contributed by atoms with van der Waals surface area (Å²) in [5.41, 5.74) is 8.37. The molecule has 0 radical (unpaired) electrons. The number of hydrogen-bond acceptors (Lipinski definition) is 6. The van der Waals surface area contributed by atoms with Crippen LogP contribution in [0, 0.1) is 29.1 Å². The van der Waals surface area contributed by atoms with Gasteiger partial charge in [0.1, 0.15) is 5.82 Å². The first-order valence-corrected chi connectivity index (χ1v) is 9.87. The van der Waals surface area contributed by atoms with Crippen LogP contribution in [0.15, 0.2) is 30.5 Å². The SMILES string of the molecule is N#Cc1ccc(Nc2ncc(C#C[C@@H]3CCC[C@H](N)C3)c(NC3CC3)n2)cc1. The molecule has 1 heterocycles. The third-order valence-electron chi connectivity index (χ3n) is 5.10. The van der Waals surface area contributed by atoms with Crippen LogP contribution in [0.25, 0.3) is 0 Å². The number of aromatic nitrogens is 2. The Balaban J connectivity index is 1.52. The van der Waals surface area contributed by atoms with Crippen molar-refractivity contribution in [2.45, 2.75) is 50.6 Å². The summed E-state index contributed by atoms with van der Waals surface area (Å²) in [4.78, 5) is 9.07. The lowest BCUT2D eigenvalue weighted by Crippen LogP contribution is -2.27. The van der Waals surface area contributed by atoms with Gasteiger partial charge in [-0.2, -0.15) is 10.2 Å². The minimum absolute atomic E-state index is 0.271. The Morgan fingerprint density at radius 1 is 1.11 bits per heavy atom. The summed E-state index contributed by atoms with van der Waals surface area (Å²) in [6.45, 7) is 0. The minimum Gasteiger partial charge on any atom is -0.366 e. The average Bonchev–Trinajstić information content (AvgIpc) is 3.52. The van der Waals surface area contributed by atoms with Gasteiger partial charge in [-0.25, -0.2) is 4.98 Å². The van der Waals surface area contributed by atoms with Crippen LogP contribution in [0.1, 0.15) is 49.7 Å². The van der Waals surface area contributed by atoms with E-state index in [0.717, 1.165) is 55.6 Å². The van der Waals surface area contributed by atoms with Gasteiger partial charge in [0.15, 0.2) is 0 Å². The van der Waals surface area contributed by atoms with E-state index in [1.807, 2.05) is 12.1 Å². The van der Waals surface area contributed by atoms with Crippen LogP contribution in [0.5, 0.6) is 0 Å². The van der Waals surface area contributed by atoms with Crippen molar-refractivity contribution in [2.24, 2.45) is 11.7 Å². The molecule has 142 valence electrons. The smallest absolute Gasteiger partial charge is 0.229 e. The first-order chi connectivity index (χ1) is 13.7. The summed E-state index contributed by atoms with van der Waals surface area (Å²) in [5.74, 6) is 8.32. The van der Waals surface area contributed by atoms with Gasteiger partial charge in [-0.15, -0.1) is 0 Å². The highest BCUT2D eigenvalue weighted by Gasteiger charge is 2.23. The molecule has 2 aromatic rings. The standard InChI is InChI=1S/C22H24N6/c23-13-16-5-8-20(9-6-16)27-22-25-14-17(21(28-22)26-19-10-11-19)7-4-15-2-1-3-18(24)12-15/h5-6,8-9,14-15,18-19H,1-3,10-12,24H2,(H2,25,26,27,28)/t15-,18-/m0/s1. The van der Waals surface area contributed by atoms with Gasteiger partial charge in [0.25, 0.3) is 0 Å². The van der Waals surface area contributed by atoms with Crippen molar-refractivity contribution in [3.63, 3.8) is 0 Å². The average molecular weight is 372 g/mol. The number of nitrogens with zero attached hydrogens (tertiary/aromatic N) is 3. The zero-order chi connectivity index (χ0) is 19.3. The van der Waals surface area contributed by atoms with Crippen LogP contribution in [0.3, 0.4) is 0 Å². The number of anilines is 3. The number of hydrogen-bond donors (Lipinski definition) is 3. The van der Waals surface area contributed by atoms with E-state index in [1.54, 1.807) is 18.3 Å². The molecular formula is C22H24N6. The van der Waals surface area contributed by atoms with Crippen molar-refractivity contribution in [1.82, 2.24) is 9.97 Å². The van der Waals surface area contributed by atoms with Crippen LogP contribution < -0.4 is 16.4 Å². The summed E-state index contributed by atoms with van der Waals surface area (Å²) < 4.78 is 0. The molecule has 0 bridgehead atoms. The third kappa shape index (κ3) is 4.79. The van der Waals surface area contributed by atoms with Gasteiger partial charge < -0.3 is 16.4 Å². The van der Waals surface area contributed by atoms with Crippen LogP contribution >= 0.6 is 0 Å². The lowest BCUT2D eigenvalue weighted by atomic mass is 9.86. The third-order valence-corrected chi connectivity index (χ3v) is 5.10. The summed E-state index contributed by atoms with van der Waals surface area (Å²) in [6.07, 6.45) is 8.44. The predicted octanol–water partition coefficient (Wildman–Crippen LogP) is 3.54. The molecule has 0 saturated heterocycles. The van der Waals surface area contributed by atoms with E-state index < -0.39 is 0 Å². The first kappa shape index (κ1) is 18.3. The van der Waals surface area contributed by atoms with Crippen molar-refractivity contribution >= 4 is 17.5 Å². The number of benzene rings is 1. The molecule has 4 rings (SSSR count). The summed E-state index contributed by atoms with van der Waals surface area (Å²) >= 11 is 0. The summed E-state index contributed by atoms with van der Waals surface area (Å²) in [5, 5.41) is 15.6. The highest BCUT2D eigenvalue weighted by atomic mass is 15.2. The van der Waals surface area contributed by atoms with Gasteiger partial charge in [0, 0.05) is 23.7 Å². The lowest BCUT2D eigenvalue weighted by Gasteiger charge is -2.22. The van der Waals surface area contributed by atoms with Crippen molar-refractivity contribution in [2.75, 3.05) is 10.6 Å². The Hall–Kier alpha value is -3.09. The van der Waals surface area contributed by atoms with Crippen LogP contribution in [-0.2, 0) is 0 Å². The molecule has 28 heavy (non-hydrogen) atoms. The Labute approximate surface area is 165 Å². The zero-order valence-electron chi connectivity index (χ0n) is 15.8. The number of rotatable bonds is 4. The van der Waals surface area contributed by atoms with Gasteiger partial charge >= 0.3 is 0 Å². The van der Waals surface area contributed by atoms with Crippen molar-refractivity contribution in [3.05, 3.63) is 41.6 Å². The van der Waals surface area contributed by atoms with E-state index in [2.05, 4.69) is 38.5 Å². The van der Waals surface area contributed by atoms with Gasteiger partial charge in [-0.3, -0.25) is 0 Å². The topological polar surface area (TPSA) is 99.7 Å². The van der Waals surface area contributed by atoms with E-state index in [0.29, 0.717) is 23.5 Å². The number of nitrogens with two attached hydrogens (primary N) is 1. The molecule has 6 nitrogen and oxygen atoms in total. The van der Waals surface area contributed by atoms with Crippen LogP contribution in [0.2, 0.25) is 0 Å². The fraction of sp³-hybridized carbons (Fsp3) is 0.409. The monoisotopic (exact) mass is 372 g/mol. The molecule has 2 saturated carbocycles. The Kier molecular flexibility index (Phi) is 5.41. The highest BCUT2D eigenvalue weighted by Crippen LogP contribution is 2.27. The van der Waals surface area contributed by atoms with Crippen molar-refractivity contribution in [3.8, 4) is 17.9 Å². The minimum atomic E-state index is 0.271. The second kappa shape index (κ2) is 8.29. The molecule has 0 unspecified atom stereocenters. The molecule has 6 heteroatoms. The van der Waals surface area contributed by atoms with Crippen LogP contribution in [-0.4, -0.2) is 22.1 Å². The van der Waals surface area contributed by atoms with E-state index in [4.69, 9.17) is 11.0 Å². The Morgan fingerprint density at radius 2 is 1.93 bits per heavy atom. The van der Waals surface area contributed by atoms with Crippen molar-refractivity contribution in [1.29, 1.82) is 5.26 Å². The van der Waals surface area contributed by atoms with E-state index in [9.17, 15) is 0 Å². The Morgan fingerprint density at radius 3 is 2.64 bits per heavy atom. The summed E-state index contributed by atoms with van der Waals surface area (Å²) in [7, 11) is 0. The summed E-state index contributed by atoms with van der Waals surface area (Å²) in [6, 6.07) is 10.1. The molecule has 2 fully saturated rings. The predicted molar refractivity (Wildman–Crippen MR) is 110 cm³/mol. The molecule has 4 N–H and O–H groups in total. The molecule has 0 amide bonds. The Bertz CT molecular complexity index is 930. The van der Waals surface area contributed by atoms with Gasteiger partial charge in [0.05, 0.1) is 23.4 Å². The molecule has 2 aliphatic carbocycles. The normalized spacial score (nSPS) is 21.1. The number of nitriles is 1. The lowest BCUT2D eigenvalue weighted by molar-refractivity contribution is 0.381. The van der Waals surface area contributed by atoms with Gasteiger partial charge in [-0.05, 0) is 56.4 Å². The number of nitrogens with one attached hydrogen (secondary N) is 2. The molecular weight excluding hydrogens is 348 g/mol. The van der Waals surface area contributed by atoms with Gasteiger partial charge in [0.2, 0.25) is 5.95 Å². The fourth-order valence-electron chi connectivity index (χ4n) is 3.36. The van der Waals surface area contributed by atoms with E-state index in [-0.39, 0.29) is 6.04 Å². The van der Waals surface area contributed by atoms with Crippen LogP contribution in [0.4, 0.5) is 17.5 Å². The maximum Gasteiger partial charge on any atom is 0.229 e. The quantitative estimate of drug-likeness (QED) is 0.710. The van der Waals surface area contributed by atoms with E-state index >= 15 is 0 Å². The second-order valence-electron chi connectivity index (χ2n) is 7.58. The molecule has 1 aromatic carbocycles. The largest absolute Gasteiger partial charge is 0.366 e. The second-order valence-corrected chi connectivity index (χ2v) is 7.58. The maximum atomic E-state index is 8.91. The molecule has 2 aliphatic rings. The van der Waals surface area contributed by atoms with E-state index in [1.165, 1.54) is 0 Å². The van der Waals surface area contributed by atoms with Crippen molar-refractivity contribution < 1.29 is 0 Å². The molecule has 0 aliphatic heterocycles. The highest BCUT2D eigenvalue weighted by molar-refractivity contribution is 5.60. The molecule has 0 spiro atoms. The van der Waals surface area contributed by atoms with Gasteiger partial charge in [-0.1, -0.05) is 18.3 Å². The fourth-order valence-corrected chi connectivity index (χ4v) is 3.36. The maximum absolute atomic E-state index is 8.91. The zero-order valence-corrected chi connectivity index (χ0v) is 15.8. The molecule has 1 aromatic heterocycles.